The lowest BCUT2D eigenvalue weighted by molar-refractivity contribution is -0.299. The number of rotatable bonds is 1. The topological polar surface area (TPSA) is 65.5 Å². The van der Waals surface area contributed by atoms with E-state index in [1.165, 1.54) is 6.07 Å². The number of fused-ring (bicyclic) bond motifs is 1. The lowest BCUT2D eigenvalue weighted by Crippen LogP contribution is -2.59. The summed E-state index contributed by atoms with van der Waals surface area (Å²) < 4.78 is 40.8. The predicted molar refractivity (Wildman–Crippen MR) is 87.7 cm³/mol. The van der Waals surface area contributed by atoms with E-state index in [0.29, 0.717) is 34.4 Å². The first-order valence-electron chi connectivity index (χ1n) is 8.18. The summed E-state index contributed by atoms with van der Waals surface area (Å²) in [5.74, 6) is -0.942. The van der Waals surface area contributed by atoms with Crippen molar-refractivity contribution in [2.24, 2.45) is 0 Å². The molecule has 1 aliphatic heterocycles. The van der Waals surface area contributed by atoms with E-state index in [9.17, 15) is 23.1 Å². The molecule has 1 unspecified atom stereocenters. The summed E-state index contributed by atoms with van der Waals surface area (Å²) in [5, 5.41) is 11.1. The second kappa shape index (κ2) is 5.44. The van der Waals surface area contributed by atoms with E-state index in [-0.39, 0.29) is 11.3 Å². The number of amides is 1. The number of nitrogens with zero attached hydrogens (tertiary/aromatic N) is 2. The van der Waals surface area contributed by atoms with Crippen LogP contribution in [0.3, 0.4) is 0 Å². The molecule has 2 heterocycles. The molecule has 1 aromatic carbocycles. The van der Waals surface area contributed by atoms with Crippen LogP contribution < -0.4 is 5.43 Å². The number of alkyl halides is 3. The number of aliphatic hydroxyl groups is 1. The summed E-state index contributed by atoms with van der Waals surface area (Å²) in [6, 6.07) is 8.16. The van der Waals surface area contributed by atoms with Gasteiger partial charge in [-0.15, -0.1) is 0 Å². The summed E-state index contributed by atoms with van der Waals surface area (Å²) >= 11 is 0. The summed E-state index contributed by atoms with van der Waals surface area (Å²) in [6.07, 6.45) is -4.32. The van der Waals surface area contributed by atoms with E-state index in [4.69, 9.17) is 0 Å². The highest BCUT2D eigenvalue weighted by Gasteiger charge is 2.64. The van der Waals surface area contributed by atoms with E-state index >= 15 is 0 Å². The van der Waals surface area contributed by atoms with Crippen molar-refractivity contribution in [3.63, 3.8) is 0 Å². The minimum atomic E-state index is -5.00. The molecule has 0 spiro atoms. The first-order valence-corrected chi connectivity index (χ1v) is 8.18. The molecule has 2 aliphatic rings. The van der Waals surface area contributed by atoms with Gasteiger partial charge in [-0.05, 0) is 37.5 Å². The smallest absolute Gasteiger partial charge is 0.362 e. The van der Waals surface area contributed by atoms with E-state index in [1.54, 1.807) is 31.2 Å². The Balaban J connectivity index is 1.84. The van der Waals surface area contributed by atoms with Crippen LogP contribution in [0.15, 0.2) is 41.6 Å². The van der Waals surface area contributed by atoms with Crippen molar-refractivity contribution in [1.29, 1.82) is 0 Å². The molecule has 0 bridgehead atoms. The van der Waals surface area contributed by atoms with Gasteiger partial charge in [0.05, 0.1) is 11.1 Å². The fraction of sp³-hybridized carbons (Fsp3) is 0.333. The number of nitrogens with one attached hydrogen (secondary N) is 1. The summed E-state index contributed by atoms with van der Waals surface area (Å²) in [4.78, 5) is 17.3. The summed E-state index contributed by atoms with van der Waals surface area (Å²) in [7, 11) is 0. The maximum atomic E-state index is 13.6. The van der Waals surface area contributed by atoms with Gasteiger partial charge in [0.25, 0.3) is 11.6 Å². The average Bonchev–Trinajstić information content (AvgIpc) is 3.35. The standard InChI is InChI=1S/C18H16F3N3O2/c1-10-8-13(12-4-2-3-5-14(12)22-10)16(25)24-17(26,18(19,20)21)9-15(23-24)11-6-7-11/h2-5,8,23,26H,6-7,9H2,1H3. The fourth-order valence-electron chi connectivity index (χ4n) is 3.21. The lowest BCUT2D eigenvalue weighted by Gasteiger charge is -2.33. The van der Waals surface area contributed by atoms with Gasteiger partial charge in [-0.2, -0.15) is 13.2 Å². The number of halogens is 3. The quantitative estimate of drug-likeness (QED) is 0.817. The molecule has 5 nitrogen and oxygen atoms in total. The first kappa shape index (κ1) is 16.8. The second-order valence-corrected chi connectivity index (χ2v) is 6.65. The van der Waals surface area contributed by atoms with Crippen LogP contribution >= 0.6 is 0 Å². The Labute approximate surface area is 147 Å². The van der Waals surface area contributed by atoms with E-state index in [1.807, 2.05) is 0 Å². The number of aromatic nitrogens is 1. The van der Waals surface area contributed by atoms with E-state index in [0.717, 1.165) is 5.57 Å². The number of hydrogen-bond acceptors (Lipinski definition) is 4. The Morgan fingerprint density at radius 3 is 2.65 bits per heavy atom. The van der Waals surface area contributed by atoms with Crippen LogP contribution in [0.1, 0.15) is 35.3 Å². The molecule has 0 radical (unpaired) electrons. The van der Waals surface area contributed by atoms with Crippen molar-refractivity contribution in [2.75, 3.05) is 0 Å². The summed E-state index contributed by atoms with van der Waals surface area (Å²) in [6.45, 7) is 1.66. The number of para-hydroxylation sites is 1. The third-order valence-corrected chi connectivity index (χ3v) is 4.70. The minimum absolute atomic E-state index is 0.0605. The molecule has 1 saturated heterocycles. The maximum Gasteiger partial charge on any atom is 0.438 e. The maximum absolute atomic E-state index is 13.6. The number of carbonyl (C=O) groups is 1. The summed E-state index contributed by atoms with van der Waals surface area (Å²) in [5.41, 5.74) is 1.37. The van der Waals surface area contributed by atoms with Gasteiger partial charge in [0.1, 0.15) is 0 Å². The molecule has 2 N–H and O–H groups in total. The highest BCUT2D eigenvalue weighted by atomic mass is 19.4. The van der Waals surface area contributed by atoms with Gasteiger partial charge in [0, 0.05) is 23.2 Å². The molecule has 1 saturated carbocycles. The van der Waals surface area contributed by atoms with Crippen molar-refractivity contribution in [3.05, 3.63) is 52.9 Å². The Bertz CT molecular complexity index is 948. The zero-order chi connectivity index (χ0) is 18.7. The Morgan fingerprint density at radius 2 is 2.00 bits per heavy atom. The third-order valence-electron chi connectivity index (χ3n) is 4.70. The van der Waals surface area contributed by atoms with Gasteiger partial charge in [-0.1, -0.05) is 18.2 Å². The van der Waals surface area contributed by atoms with Gasteiger partial charge in [-0.3, -0.25) is 15.2 Å². The van der Waals surface area contributed by atoms with Crippen LogP contribution in [0.5, 0.6) is 0 Å². The molecule has 2 fully saturated rings. The monoisotopic (exact) mass is 363 g/mol. The number of benzene rings is 1. The zero-order valence-corrected chi connectivity index (χ0v) is 13.9. The molecule has 8 heteroatoms. The van der Waals surface area contributed by atoms with E-state index < -0.39 is 24.2 Å². The van der Waals surface area contributed by atoms with Crippen LogP contribution in [0.25, 0.3) is 10.9 Å². The molecular formula is C18H16F3N3O2. The molecule has 1 amide bonds. The van der Waals surface area contributed by atoms with Crippen LogP contribution in [-0.2, 0) is 0 Å². The Morgan fingerprint density at radius 1 is 1.31 bits per heavy atom. The molecule has 4 rings (SSSR count). The fourth-order valence-corrected chi connectivity index (χ4v) is 3.21. The zero-order valence-electron chi connectivity index (χ0n) is 13.9. The lowest BCUT2D eigenvalue weighted by atomic mass is 10.0. The third kappa shape index (κ3) is 2.52. The van der Waals surface area contributed by atoms with Gasteiger partial charge in [0.2, 0.25) is 0 Å². The van der Waals surface area contributed by atoms with Crippen LogP contribution in [0.4, 0.5) is 13.2 Å². The van der Waals surface area contributed by atoms with Crippen molar-refractivity contribution in [2.45, 2.75) is 38.1 Å². The van der Waals surface area contributed by atoms with Crippen molar-refractivity contribution >= 4 is 16.8 Å². The van der Waals surface area contributed by atoms with Gasteiger partial charge < -0.3 is 5.11 Å². The Kier molecular flexibility index (Phi) is 3.52. The highest BCUT2D eigenvalue weighted by molar-refractivity contribution is 6.06. The SMILES string of the molecule is Cc1cc(C(=O)N2NC(=C3CC3)CC2(O)C(F)(F)F)c2ccccc2n1. The van der Waals surface area contributed by atoms with Crippen molar-refractivity contribution < 1.29 is 23.1 Å². The molecule has 1 atom stereocenters. The molecule has 1 aliphatic carbocycles. The van der Waals surface area contributed by atoms with Gasteiger partial charge in [-0.25, -0.2) is 5.01 Å². The molecule has 136 valence electrons. The van der Waals surface area contributed by atoms with Crippen molar-refractivity contribution in [3.8, 4) is 0 Å². The number of pyridine rings is 1. The second-order valence-electron chi connectivity index (χ2n) is 6.65. The van der Waals surface area contributed by atoms with Crippen LogP contribution in [0, 0.1) is 6.92 Å². The normalized spacial score (nSPS) is 22.7. The Hall–Kier alpha value is -2.61. The minimum Gasteiger partial charge on any atom is -0.362 e. The number of hydrogen-bond donors (Lipinski definition) is 2. The van der Waals surface area contributed by atoms with E-state index in [2.05, 4.69) is 10.4 Å². The van der Waals surface area contributed by atoms with Crippen LogP contribution in [-0.4, -0.2) is 32.9 Å². The molecule has 1 aromatic heterocycles. The van der Waals surface area contributed by atoms with Gasteiger partial charge in [0.15, 0.2) is 0 Å². The number of allylic oxidation sites excluding steroid dienone is 1. The number of carbonyl (C=O) groups excluding carboxylic acids is 1. The van der Waals surface area contributed by atoms with Crippen LogP contribution in [0.2, 0.25) is 0 Å². The number of aryl methyl sites for hydroxylation is 1. The van der Waals surface area contributed by atoms with Crippen molar-refractivity contribution in [1.82, 2.24) is 15.4 Å². The first-order chi connectivity index (χ1) is 12.2. The molecule has 2 aromatic rings. The largest absolute Gasteiger partial charge is 0.438 e. The average molecular weight is 363 g/mol. The number of hydrazine groups is 1. The molecule has 26 heavy (non-hydrogen) atoms. The predicted octanol–water partition coefficient (Wildman–Crippen LogP) is 3.19. The highest BCUT2D eigenvalue weighted by Crippen LogP contribution is 2.45. The van der Waals surface area contributed by atoms with Gasteiger partial charge >= 0.3 is 6.18 Å². The molecular weight excluding hydrogens is 347 g/mol.